The van der Waals surface area contributed by atoms with Crippen LogP contribution in [0.4, 0.5) is 4.39 Å². The average Bonchev–Trinajstić information content (AvgIpc) is 2.58. The molecule has 3 rings (SSSR count). The molecule has 2 aromatic rings. The van der Waals surface area contributed by atoms with Gasteiger partial charge in [-0.25, -0.2) is 14.4 Å². The van der Waals surface area contributed by atoms with Gasteiger partial charge in [-0.2, -0.15) is 0 Å². The average molecular weight is 366 g/mol. The molecular weight excluding hydrogens is 349 g/mol. The summed E-state index contributed by atoms with van der Waals surface area (Å²) < 4.78 is 24.9. The number of aromatic nitrogens is 2. The molecule has 8 heteroatoms. The van der Waals surface area contributed by atoms with Gasteiger partial charge in [0.15, 0.2) is 10.9 Å². The van der Waals surface area contributed by atoms with Crippen LogP contribution in [0.5, 0.6) is 11.5 Å². The van der Waals surface area contributed by atoms with Crippen molar-refractivity contribution in [3.8, 4) is 11.5 Å². The van der Waals surface area contributed by atoms with E-state index in [1.807, 2.05) is 13.8 Å². The summed E-state index contributed by atoms with van der Waals surface area (Å²) in [5, 5.41) is 0.103. The molecule has 2 atom stereocenters. The summed E-state index contributed by atoms with van der Waals surface area (Å²) in [5.74, 6) is -0.479. The van der Waals surface area contributed by atoms with Crippen LogP contribution in [-0.2, 0) is 4.74 Å². The number of rotatable bonds is 3. The van der Waals surface area contributed by atoms with Crippen molar-refractivity contribution in [3.63, 3.8) is 0 Å². The van der Waals surface area contributed by atoms with Crippen LogP contribution >= 0.6 is 11.6 Å². The highest BCUT2D eigenvalue weighted by molar-refractivity contribution is 6.30. The summed E-state index contributed by atoms with van der Waals surface area (Å²) in [6.45, 7) is 4.63. The van der Waals surface area contributed by atoms with Crippen LogP contribution in [0, 0.1) is 5.82 Å². The molecule has 0 radical (unpaired) electrons. The minimum absolute atomic E-state index is 0.103. The number of morpholine rings is 1. The number of benzene rings is 1. The molecule has 1 aliphatic rings. The van der Waals surface area contributed by atoms with Crippen LogP contribution in [0.3, 0.4) is 0 Å². The maximum Gasteiger partial charge on any atom is 0.258 e. The van der Waals surface area contributed by atoms with Gasteiger partial charge in [-0.15, -0.1) is 0 Å². The van der Waals surface area contributed by atoms with E-state index >= 15 is 0 Å². The summed E-state index contributed by atoms with van der Waals surface area (Å²) >= 11 is 5.97. The maximum atomic E-state index is 13.8. The molecule has 0 bridgehead atoms. The zero-order chi connectivity index (χ0) is 18.0. The summed E-state index contributed by atoms with van der Waals surface area (Å²) in [6.07, 6.45) is 2.66. The topological polar surface area (TPSA) is 64.5 Å². The summed E-state index contributed by atoms with van der Waals surface area (Å²) in [6, 6.07) is 3.51. The van der Waals surface area contributed by atoms with E-state index in [2.05, 4.69) is 9.97 Å². The van der Waals surface area contributed by atoms with Crippen molar-refractivity contribution < 1.29 is 18.7 Å². The minimum atomic E-state index is -0.528. The number of nitrogens with zero attached hydrogens (tertiary/aromatic N) is 3. The van der Waals surface area contributed by atoms with Gasteiger partial charge in [0.05, 0.1) is 37.1 Å². The van der Waals surface area contributed by atoms with Crippen LogP contribution < -0.4 is 4.74 Å². The number of halogens is 2. The first-order valence-corrected chi connectivity index (χ1v) is 8.18. The van der Waals surface area contributed by atoms with Crippen molar-refractivity contribution in [1.82, 2.24) is 14.9 Å². The van der Waals surface area contributed by atoms with E-state index in [1.165, 1.54) is 24.7 Å². The van der Waals surface area contributed by atoms with E-state index in [-0.39, 0.29) is 40.2 Å². The fourth-order valence-corrected chi connectivity index (χ4v) is 2.92. The zero-order valence-electron chi connectivity index (χ0n) is 13.8. The van der Waals surface area contributed by atoms with Gasteiger partial charge < -0.3 is 14.4 Å². The quantitative estimate of drug-likeness (QED) is 0.781. The smallest absolute Gasteiger partial charge is 0.258 e. The van der Waals surface area contributed by atoms with E-state index in [9.17, 15) is 9.18 Å². The Balaban J connectivity index is 1.96. The molecule has 2 heterocycles. The molecule has 0 saturated carbocycles. The lowest BCUT2D eigenvalue weighted by Gasteiger charge is -2.39. The first-order valence-electron chi connectivity index (χ1n) is 7.80. The Labute approximate surface area is 149 Å². The monoisotopic (exact) mass is 365 g/mol. The van der Waals surface area contributed by atoms with E-state index < -0.39 is 5.82 Å². The molecule has 25 heavy (non-hydrogen) atoms. The number of hydrogen-bond donors (Lipinski definition) is 0. The Kier molecular flexibility index (Phi) is 5.15. The fourth-order valence-electron chi connectivity index (χ4n) is 2.79. The predicted molar refractivity (Wildman–Crippen MR) is 89.4 cm³/mol. The molecule has 132 valence electrons. The summed E-state index contributed by atoms with van der Waals surface area (Å²) in [4.78, 5) is 22.4. The highest BCUT2D eigenvalue weighted by Crippen LogP contribution is 2.31. The maximum absolute atomic E-state index is 13.8. The lowest BCUT2D eigenvalue weighted by atomic mass is 10.1. The highest BCUT2D eigenvalue weighted by atomic mass is 35.5. The number of amides is 1. The van der Waals surface area contributed by atoms with Crippen LogP contribution in [0.2, 0.25) is 5.15 Å². The van der Waals surface area contributed by atoms with Gasteiger partial charge in [0, 0.05) is 0 Å². The minimum Gasteiger partial charge on any atom is -0.452 e. The SMILES string of the molecule is C[C@@H]1COC[C@@H](C)N1C(=O)c1cc(F)ccc1Oc1cncnc1Cl. The first-order chi connectivity index (χ1) is 12.0. The molecule has 0 aliphatic carbocycles. The van der Waals surface area contributed by atoms with Gasteiger partial charge in [-0.05, 0) is 32.0 Å². The van der Waals surface area contributed by atoms with Crippen molar-refractivity contribution in [2.24, 2.45) is 0 Å². The Morgan fingerprint density at radius 1 is 1.32 bits per heavy atom. The molecule has 1 amide bonds. The first kappa shape index (κ1) is 17.6. The molecule has 0 spiro atoms. The molecule has 1 aromatic carbocycles. The van der Waals surface area contributed by atoms with Crippen LogP contribution in [0.1, 0.15) is 24.2 Å². The molecule has 1 saturated heterocycles. The molecule has 1 fully saturated rings. The summed E-state index contributed by atoms with van der Waals surface area (Å²) in [5.41, 5.74) is 0.112. The molecule has 1 aromatic heterocycles. The van der Waals surface area contributed by atoms with Gasteiger partial charge in [0.25, 0.3) is 5.91 Å². The van der Waals surface area contributed by atoms with Crippen LogP contribution in [-0.4, -0.2) is 46.1 Å². The Morgan fingerprint density at radius 2 is 2.04 bits per heavy atom. The third-order valence-corrected chi connectivity index (χ3v) is 4.21. The molecule has 0 N–H and O–H groups in total. The van der Waals surface area contributed by atoms with E-state index in [0.717, 1.165) is 6.07 Å². The van der Waals surface area contributed by atoms with E-state index in [4.69, 9.17) is 21.1 Å². The lowest BCUT2D eigenvalue weighted by molar-refractivity contribution is -0.0250. The number of hydrogen-bond acceptors (Lipinski definition) is 5. The van der Waals surface area contributed by atoms with E-state index in [0.29, 0.717) is 13.2 Å². The molecule has 6 nitrogen and oxygen atoms in total. The van der Waals surface area contributed by atoms with Crippen molar-refractivity contribution >= 4 is 17.5 Å². The summed E-state index contributed by atoms with van der Waals surface area (Å²) in [7, 11) is 0. The molecule has 0 unspecified atom stereocenters. The van der Waals surface area contributed by atoms with Crippen molar-refractivity contribution in [1.29, 1.82) is 0 Å². The number of carbonyl (C=O) groups excluding carboxylic acids is 1. The van der Waals surface area contributed by atoms with Gasteiger partial charge in [0.2, 0.25) is 0 Å². The lowest BCUT2D eigenvalue weighted by Crippen LogP contribution is -2.52. The Morgan fingerprint density at radius 3 is 2.72 bits per heavy atom. The zero-order valence-corrected chi connectivity index (χ0v) is 14.5. The third kappa shape index (κ3) is 3.72. The third-order valence-electron chi connectivity index (χ3n) is 3.93. The number of ether oxygens (including phenoxy) is 2. The standard InChI is InChI=1S/C17H17ClFN3O3/c1-10-7-24-8-11(2)22(10)17(23)13-5-12(19)3-4-14(13)25-15-6-20-9-21-16(15)18/h3-6,9-11H,7-8H2,1-2H3/t10-,11-/m1/s1. The van der Waals surface area contributed by atoms with Crippen LogP contribution in [0.15, 0.2) is 30.7 Å². The molecule has 1 aliphatic heterocycles. The van der Waals surface area contributed by atoms with E-state index in [1.54, 1.807) is 4.90 Å². The Hall–Kier alpha value is -2.25. The second-order valence-electron chi connectivity index (χ2n) is 5.87. The largest absolute Gasteiger partial charge is 0.452 e. The van der Waals surface area contributed by atoms with Gasteiger partial charge >= 0.3 is 0 Å². The van der Waals surface area contributed by atoms with Crippen LogP contribution in [0.25, 0.3) is 0 Å². The van der Waals surface area contributed by atoms with Crippen molar-refractivity contribution in [2.75, 3.05) is 13.2 Å². The van der Waals surface area contributed by atoms with Crippen molar-refractivity contribution in [3.05, 3.63) is 47.3 Å². The normalized spacial score (nSPS) is 20.4. The molecular formula is C17H17ClFN3O3. The van der Waals surface area contributed by atoms with Gasteiger partial charge in [0.1, 0.15) is 17.9 Å². The number of carbonyl (C=O) groups is 1. The second kappa shape index (κ2) is 7.33. The van der Waals surface area contributed by atoms with Gasteiger partial charge in [-0.3, -0.25) is 4.79 Å². The second-order valence-corrected chi connectivity index (χ2v) is 6.23. The highest BCUT2D eigenvalue weighted by Gasteiger charge is 2.32. The predicted octanol–water partition coefficient (Wildman–Crippen LogP) is 3.31. The van der Waals surface area contributed by atoms with Crippen molar-refractivity contribution in [2.45, 2.75) is 25.9 Å². The fraction of sp³-hybridized carbons (Fsp3) is 0.353. The Bertz CT molecular complexity index is 779. The van der Waals surface area contributed by atoms with Gasteiger partial charge in [-0.1, -0.05) is 11.6 Å².